The molecule has 0 fully saturated rings. The van der Waals surface area contributed by atoms with Crippen molar-refractivity contribution in [2.24, 2.45) is 4.99 Å². The lowest BCUT2D eigenvalue weighted by Crippen LogP contribution is -2.36. The number of guanidine groups is 1. The summed E-state index contributed by atoms with van der Waals surface area (Å²) < 4.78 is 22.1. The Morgan fingerprint density at radius 3 is 2.39 bits per heavy atom. The van der Waals surface area contributed by atoms with Gasteiger partial charge in [0, 0.05) is 24.8 Å². The van der Waals surface area contributed by atoms with Crippen LogP contribution in [0.4, 0.5) is 0 Å². The van der Waals surface area contributed by atoms with Crippen LogP contribution in [-0.2, 0) is 13.1 Å². The highest BCUT2D eigenvalue weighted by atomic mass is 16.5. The number of unbranched alkanes of at least 4 members (excludes halogenated alkanes) is 1. The molecule has 2 aromatic rings. The van der Waals surface area contributed by atoms with Gasteiger partial charge in [-0.05, 0) is 37.1 Å². The molecule has 0 spiro atoms. The van der Waals surface area contributed by atoms with Gasteiger partial charge in [0.1, 0.15) is 0 Å². The van der Waals surface area contributed by atoms with Crippen molar-refractivity contribution in [2.45, 2.75) is 39.8 Å². The first-order valence-corrected chi connectivity index (χ1v) is 10.5. The molecule has 1 heterocycles. The third-order valence-electron chi connectivity index (χ3n) is 4.52. The molecule has 170 valence electrons. The van der Waals surface area contributed by atoms with Crippen LogP contribution in [0.1, 0.15) is 37.8 Å². The molecule has 1 aromatic carbocycles. The summed E-state index contributed by atoms with van der Waals surface area (Å²) in [5, 5.41) is 6.61. The monoisotopic (exact) mass is 430 g/mol. The molecule has 0 amide bonds. The van der Waals surface area contributed by atoms with Crippen LogP contribution in [0.25, 0.3) is 0 Å². The van der Waals surface area contributed by atoms with E-state index in [2.05, 4.69) is 22.5 Å². The highest BCUT2D eigenvalue weighted by molar-refractivity contribution is 5.79. The van der Waals surface area contributed by atoms with Crippen LogP contribution >= 0.6 is 0 Å². The summed E-state index contributed by atoms with van der Waals surface area (Å²) in [6.07, 6.45) is 3.83. The lowest BCUT2D eigenvalue weighted by atomic mass is 10.2. The number of methoxy groups -OCH3 is 3. The van der Waals surface area contributed by atoms with E-state index in [9.17, 15) is 0 Å². The summed E-state index contributed by atoms with van der Waals surface area (Å²) in [6, 6.07) is 7.71. The van der Waals surface area contributed by atoms with E-state index >= 15 is 0 Å². The van der Waals surface area contributed by atoms with Crippen LogP contribution in [0.3, 0.4) is 0 Å². The number of aliphatic imine (C=N–C) groups is 1. The maximum absolute atomic E-state index is 5.82. The second-order valence-electron chi connectivity index (χ2n) is 6.75. The zero-order valence-electron chi connectivity index (χ0n) is 19.2. The second-order valence-corrected chi connectivity index (χ2v) is 6.75. The fraction of sp³-hybridized carbons (Fsp3) is 0.478. The number of hydrogen-bond acceptors (Lipinski definition) is 6. The summed E-state index contributed by atoms with van der Waals surface area (Å²) in [6.45, 7) is 6.57. The Labute approximate surface area is 185 Å². The van der Waals surface area contributed by atoms with Gasteiger partial charge in [-0.1, -0.05) is 19.4 Å². The molecular formula is C23H34N4O4. The Bertz CT molecular complexity index is 817. The first-order valence-electron chi connectivity index (χ1n) is 10.5. The number of ether oxygens (including phenoxy) is 4. The van der Waals surface area contributed by atoms with Crippen molar-refractivity contribution < 1.29 is 18.9 Å². The predicted octanol–water partition coefficient (Wildman–Crippen LogP) is 3.54. The lowest BCUT2D eigenvalue weighted by molar-refractivity contribution is 0.294. The average Bonchev–Trinajstić information content (AvgIpc) is 2.80. The number of pyridine rings is 1. The van der Waals surface area contributed by atoms with Gasteiger partial charge in [-0.2, -0.15) is 0 Å². The quantitative estimate of drug-likeness (QED) is 0.303. The molecular weight excluding hydrogens is 396 g/mol. The molecule has 8 heteroatoms. The van der Waals surface area contributed by atoms with Crippen LogP contribution < -0.4 is 29.6 Å². The van der Waals surface area contributed by atoms with Crippen molar-refractivity contribution in [3.8, 4) is 23.1 Å². The van der Waals surface area contributed by atoms with E-state index < -0.39 is 0 Å². The summed E-state index contributed by atoms with van der Waals surface area (Å²) >= 11 is 0. The average molecular weight is 431 g/mol. The van der Waals surface area contributed by atoms with Gasteiger partial charge in [-0.3, -0.25) is 0 Å². The largest absolute Gasteiger partial charge is 0.493 e. The Hall–Kier alpha value is -3.16. The minimum atomic E-state index is 0.443. The Kier molecular flexibility index (Phi) is 10.3. The van der Waals surface area contributed by atoms with Gasteiger partial charge in [-0.15, -0.1) is 0 Å². The first-order chi connectivity index (χ1) is 15.2. The molecule has 2 rings (SSSR count). The maximum Gasteiger partial charge on any atom is 0.218 e. The van der Waals surface area contributed by atoms with Gasteiger partial charge in [0.15, 0.2) is 17.5 Å². The maximum atomic E-state index is 5.82. The Morgan fingerprint density at radius 2 is 1.77 bits per heavy atom. The lowest BCUT2D eigenvalue weighted by Gasteiger charge is -2.15. The van der Waals surface area contributed by atoms with E-state index in [1.54, 1.807) is 27.5 Å². The third-order valence-corrected chi connectivity index (χ3v) is 4.52. The topological polar surface area (TPSA) is 86.2 Å². The standard InChI is InChI=1S/C23H34N4O4/c1-6-8-12-31-22-18(10-9-11-25-22)16-27-23(24-7-2)26-15-17-13-19(28-3)21(30-5)20(14-17)29-4/h9-11,13-14H,6-8,12,15-16H2,1-5H3,(H2,24,26,27). The zero-order valence-corrected chi connectivity index (χ0v) is 19.2. The Morgan fingerprint density at radius 1 is 1.03 bits per heavy atom. The highest BCUT2D eigenvalue weighted by Crippen LogP contribution is 2.38. The molecule has 0 unspecified atom stereocenters. The van der Waals surface area contributed by atoms with E-state index in [0.717, 1.165) is 30.5 Å². The molecule has 0 aliphatic rings. The van der Waals surface area contributed by atoms with Crippen LogP contribution in [0.2, 0.25) is 0 Å². The normalized spacial score (nSPS) is 11.1. The van der Waals surface area contributed by atoms with Gasteiger partial charge >= 0.3 is 0 Å². The number of nitrogens with one attached hydrogen (secondary N) is 2. The van der Waals surface area contributed by atoms with E-state index in [-0.39, 0.29) is 0 Å². The van der Waals surface area contributed by atoms with Crippen LogP contribution in [-0.4, -0.2) is 45.4 Å². The minimum Gasteiger partial charge on any atom is -0.493 e. The van der Waals surface area contributed by atoms with E-state index in [1.165, 1.54) is 0 Å². The molecule has 0 atom stereocenters. The van der Waals surface area contributed by atoms with Crippen molar-refractivity contribution in [3.63, 3.8) is 0 Å². The van der Waals surface area contributed by atoms with Crippen LogP contribution in [0.15, 0.2) is 35.5 Å². The Balaban J connectivity index is 2.11. The molecule has 0 saturated carbocycles. The van der Waals surface area contributed by atoms with Gasteiger partial charge in [-0.25, -0.2) is 9.98 Å². The fourth-order valence-corrected chi connectivity index (χ4v) is 2.92. The molecule has 8 nitrogen and oxygen atoms in total. The van der Waals surface area contributed by atoms with Crippen molar-refractivity contribution in [2.75, 3.05) is 34.5 Å². The summed E-state index contributed by atoms with van der Waals surface area (Å²) in [5.74, 6) is 3.13. The molecule has 0 radical (unpaired) electrons. The highest BCUT2D eigenvalue weighted by Gasteiger charge is 2.13. The molecule has 2 N–H and O–H groups in total. The van der Waals surface area contributed by atoms with Gasteiger partial charge in [0.2, 0.25) is 11.6 Å². The van der Waals surface area contributed by atoms with Crippen molar-refractivity contribution in [1.82, 2.24) is 15.6 Å². The van der Waals surface area contributed by atoms with Crippen LogP contribution in [0.5, 0.6) is 23.1 Å². The van der Waals surface area contributed by atoms with Crippen molar-refractivity contribution in [1.29, 1.82) is 0 Å². The minimum absolute atomic E-state index is 0.443. The van der Waals surface area contributed by atoms with Gasteiger partial charge in [0.25, 0.3) is 0 Å². The predicted molar refractivity (Wildman–Crippen MR) is 122 cm³/mol. The molecule has 0 aliphatic heterocycles. The van der Waals surface area contributed by atoms with E-state index in [1.807, 2.05) is 31.2 Å². The van der Waals surface area contributed by atoms with E-state index in [4.69, 9.17) is 23.9 Å². The zero-order chi connectivity index (χ0) is 22.5. The van der Waals surface area contributed by atoms with Gasteiger partial charge < -0.3 is 29.6 Å². The molecule has 31 heavy (non-hydrogen) atoms. The van der Waals surface area contributed by atoms with Crippen LogP contribution in [0, 0.1) is 0 Å². The smallest absolute Gasteiger partial charge is 0.218 e. The number of benzene rings is 1. The molecule has 0 aliphatic carbocycles. The SMILES string of the molecule is CCCCOc1ncccc1CNC(=NCc1cc(OC)c(OC)c(OC)c1)NCC. The molecule has 1 aromatic heterocycles. The number of rotatable bonds is 12. The third kappa shape index (κ3) is 7.24. The number of hydrogen-bond donors (Lipinski definition) is 2. The van der Waals surface area contributed by atoms with E-state index in [0.29, 0.717) is 48.8 Å². The van der Waals surface area contributed by atoms with Crippen molar-refractivity contribution in [3.05, 3.63) is 41.6 Å². The fourth-order valence-electron chi connectivity index (χ4n) is 2.92. The summed E-state index contributed by atoms with van der Waals surface area (Å²) in [7, 11) is 4.79. The second kappa shape index (κ2) is 13.2. The molecule has 0 bridgehead atoms. The summed E-state index contributed by atoms with van der Waals surface area (Å²) in [5.41, 5.74) is 1.92. The molecule has 0 saturated heterocycles. The number of nitrogens with zero attached hydrogens (tertiary/aromatic N) is 2. The van der Waals surface area contributed by atoms with Gasteiger partial charge in [0.05, 0.1) is 34.5 Å². The summed E-state index contributed by atoms with van der Waals surface area (Å²) in [4.78, 5) is 9.05. The van der Waals surface area contributed by atoms with Crippen molar-refractivity contribution >= 4 is 5.96 Å². The number of aromatic nitrogens is 1. The first kappa shape index (κ1) is 24.1.